The van der Waals surface area contributed by atoms with E-state index < -0.39 is 27.7 Å². The molecule has 1 aromatic carbocycles. The molecule has 2 aromatic rings. The molecule has 1 aliphatic carbocycles. The summed E-state index contributed by atoms with van der Waals surface area (Å²) in [6.07, 6.45) is 1.87. The first-order valence-corrected chi connectivity index (χ1v) is 14.1. The zero-order chi connectivity index (χ0) is 26.7. The Morgan fingerprint density at radius 1 is 1.19 bits per heavy atom. The molecule has 1 aromatic heterocycles. The summed E-state index contributed by atoms with van der Waals surface area (Å²) in [7, 11) is -3.93. The Morgan fingerprint density at radius 2 is 1.89 bits per heavy atom. The predicted octanol–water partition coefficient (Wildman–Crippen LogP) is 4.84. The lowest BCUT2D eigenvalue weighted by molar-refractivity contribution is 0.106. The zero-order valence-electron chi connectivity index (χ0n) is 21.4. The third-order valence-corrected chi connectivity index (χ3v) is 8.17. The summed E-state index contributed by atoms with van der Waals surface area (Å²) in [6, 6.07) is 4.73. The van der Waals surface area contributed by atoms with Gasteiger partial charge in [0.25, 0.3) is 0 Å². The van der Waals surface area contributed by atoms with Crippen LogP contribution in [0, 0.1) is 0 Å². The van der Waals surface area contributed by atoms with Crippen molar-refractivity contribution in [2.24, 2.45) is 0 Å². The zero-order valence-corrected chi connectivity index (χ0v) is 23.0. The van der Waals surface area contributed by atoms with Gasteiger partial charge in [0.1, 0.15) is 0 Å². The number of anilines is 1. The van der Waals surface area contributed by atoms with Crippen LogP contribution in [0.5, 0.6) is 0 Å². The summed E-state index contributed by atoms with van der Waals surface area (Å²) in [6.45, 7) is 10.7. The maximum Gasteiger partial charge on any atom is 0.411 e. The van der Waals surface area contributed by atoms with Gasteiger partial charge in [-0.15, -0.1) is 11.3 Å². The van der Waals surface area contributed by atoms with Crippen molar-refractivity contribution >= 4 is 39.2 Å². The number of carbonyl (C=O) groups excluding carboxylic acids is 2. The number of sulfonamides is 1. The molecule has 1 saturated carbocycles. The summed E-state index contributed by atoms with van der Waals surface area (Å²) in [5, 5.41) is 6.29. The van der Waals surface area contributed by atoms with Crippen molar-refractivity contribution in [2.45, 2.75) is 82.9 Å². The fraction of sp³-hybridized carbons (Fsp3) is 0.542. The standard InChI is InChI=1S/C24H34N4O6S2/c1-7-33-22(29)26-16-8-9-18(20(12-16)36(31,32)28-24(4,5)6)19-13-25-21(35-19)15-10-17(11-15)27-23(30)34-14(2)3/h8-9,12-15,17,28H,7,10-11H2,1-6H3,(H,26,29)(H,27,30). The number of benzene rings is 1. The molecule has 0 aliphatic heterocycles. The van der Waals surface area contributed by atoms with Crippen LogP contribution in [0.2, 0.25) is 0 Å². The lowest BCUT2D eigenvalue weighted by Gasteiger charge is -2.34. The van der Waals surface area contributed by atoms with Gasteiger partial charge in [0, 0.05) is 34.9 Å². The van der Waals surface area contributed by atoms with Crippen LogP contribution in [0.3, 0.4) is 0 Å². The highest BCUT2D eigenvalue weighted by atomic mass is 32.2. The number of hydrogen-bond acceptors (Lipinski definition) is 8. The Bertz CT molecular complexity index is 1200. The average Bonchev–Trinajstić information content (AvgIpc) is 3.17. The summed E-state index contributed by atoms with van der Waals surface area (Å²) in [5.74, 6) is 0.172. The van der Waals surface area contributed by atoms with Crippen LogP contribution in [-0.4, -0.2) is 49.9 Å². The van der Waals surface area contributed by atoms with Gasteiger partial charge in [-0.2, -0.15) is 0 Å². The van der Waals surface area contributed by atoms with Crippen LogP contribution in [0.4, 0.5) is 15.3 Å². The van der Waals surface area contributed by atoms with Crippen LogP contribution < -0.4 is 15.4 Å². The summed E-state index contributed by atoms with van der Waals surface area (Å²) >= 11 is 1.42. The van der Waals surface area contributed by atoms with E-state index in [1.54, 1.807) is 59.9 Å². The Morgan fingerprint density at radius 3 is 2.50 bits per heavy atom. The molecule has 1 heterocycles. The molecule has 12 heteroatoms. The van der Waals surface area contributed by atoms with E-state index in [0.29, 0.717) is 16.1 Å². The Hall–Kier alpha value is -2.70. The van der Waals surface area contributed by atoms with Crippen molar-refractivity contribution in [2.75, 3.05) is 11.9 Å². The molecular weight excluding hydrogens is 504 g/mol. The summed E-state index contributed by atoms with van der Waals surface area (Å²) in [4.78, 5) is 29.0. The third kappa shape index (κ3) is 7.40. The number of nitrogens with one attached hydrogen (secondary N) is 3. The third-order valence-electron chi connectivity index (χ3n) is 5.17. The number of aromatic nitrogens is 1. The molecule has 0 bridgehead atoms. The number of hydrogen-bond donors (Lipinski definition) is 3. The molecule has 10 nitrogen and oxygen atoms in total. The minimum Gasteiger partial charge on any atom is -0.450 e. The lowest BCUT2D eigenvalue weighted by atomic mass is 9.81. The Balaban J connectivity index is 1.83. The molecule has 3 N–H and O–H groups in total. The molecule has 0 unspecified atom stereocenters. The molecule has 0 atom stereocenters. The number of ether oxygens (including phenoxy) is 2. The molecule has 198 valence electrons. The minimum atomic E-state index is -3.93. The van der Waals surface area contributed by atoms with E-state index in [4.69, 9.17) is 9.47 Å². The fourth-order valence-corrected chi connectivity index (χ4v) is 6.54. The van der Waals surface area contributed by atoms with Crippen LogP contribution in [0.15, 0.2) is 29.3 Å². The van der Waals surface area contributed by atoms with E-state index >= 15 is 0 Å². The molecule has 0 radical (unpaired) electrons. The van der Waals surface area contributed by atoms with Crippen LogP contribution >= 0.6 is 11.3 Å². The number of carbonyl (C=O) groups is 2. The molecule has 2 amide bonds. The first-order valence-electron chi connectivity index (χ1n) is 11.8. The maximum absolute atomic E-state index is 13.3. The van der Waals surface area contributed by atoms with Crippen LogP contribution in [0.1, 0.15) is 65.3 Å². The monoisotopic (exact) mass is 538 g/mol. The number of amides is 2. The highest BCUT2D eigenvalue weighted by molar-refractivity contribution is 7.89. The second-order valence-electron chi connectivity index (χ2n) is 9.94. The predicted molar refractivity (Wildman–Crippen MR) is 139 cm³/mol. The van der Waals surface area contributed by atoms with E-state index in [1.165, 1.54) is 17.4 Å². The first-order chi connectivity index (χ1) is 16.8. The highest BCUT2D eigenvalue weighted by Gasteiger charge is 2.34. The van der Waals surface area contributed by atoms with E-state index in [-0.39, 0.29) is 29.6 Å². The second kappa shape index (κ2) is 11.1. The van der Waals surface area contributed by atoms with Gasteiger partial charge in [-0.1, -0.05) is 6.07 Å². The van der Waals surface area contributed by atoms with E-state index in [1.807, 2.05) is 0 Å². The summed E-state index contributed by atoms with van der Waals surface area (Å²) < 4.78 is 39.3. The van der Waals surface area contributed by atoms with E-state index in [2.05, 4.69) is 20.3 Å². The van der Waals surface area contributed by atoms with Gasteiger partial charge < -0.3 is 14.8 Å². The van der Waals surface area contributed by atoms with E-state index in [9.17, 15) is 18.0 Å². The molecule has 3 rings (SSSR count). The van der Waals surface area contributed by atoms with Gasteiger partial charge in [0.15, 0.2) is 0 Å². The molecule has 0 saturated heterocycles. The van der Waals surface area contributed by atoms with Crippen molar-refractivity contribution in [1.82, 2.24) is 15.0 Å². The van der Waals surface area contributed by atoms with Gasteiger partial charge in [0.05, 0.1) is 27.5 Å². The smallest absolute Gasteiger partial charge is 0.411 e. The Kier molecular flexibility index (Phi) is 8.63. The normalized spacial score (nSPS) is 17.9. The van der Waals surface area contributed by atoms with Crippen molar-refractivity contribution in [3.8, 4) is 10.4 Å². The largest absolute Gasteiger partial charge is 0.450 e. The number of alkyl carbamates (subject to hydrolysis) is 1. The van der Waals surface area contributed by atoms with Gasteiger partial charge >= 0.3 is 12.2 Å². The number of thiazole rings is 1. The van der Waals surface area contributed by atoms with Crippen molar-refractivity contribution < 1.29 is 27.5 Å². The average molecular weight is 539 g/mol. The van der Waals surface area contributed by atoms with Crippen molar-refractivity contribution in [3.63, 3.8) is 0 Å². The topological polar surface area (TPSA) is 136 Å². The van der Waals surface area contributed by atoms with E-state index in [0.717, 1.165) is 17.8 Å². The van der Waals surface area contributed by atoms with Gasteiger partial charge in [0.2, 0.25) is 10.0 Å². The maximum atomic E-state index is 13.3. The minimum absolute atomic E-state index is 0.0220. The van der Waals surface area contributed by atoms with Gasteiger partial charge in [-0.05, 0) is 66.5 Å². The molecular formula is C24H34N4O6S2. The lowest BCUT2D eigenvalue weighted by Crippen LogP contribution is -2.44. The van der Waals surface area contributed by atoms with Crippen LogP contribution in [-0.2, 0) is 19.5 Å². The quantitative estimate of drug-likeness (QED) is 0.438. The van der Waals surface area contributed by atoms with Crippen molar-refractivity contribution in [3.05, 3.63) is 29.4 Å². The second-order valence-corrected chi connectivity index (χ2v) is 12.7. The molecule has 36 heavy (non-hydrogen) atoms. The van der Waals surface area contributed by atoms with Crippen molar-refractivity contribution in [1.29, 1.82) is 0 Å². The molecule has 1 fully saturated rings. The number of nitrogens with zero attached hydrogens (tertiary/aromatic N) is 1. The first kappa shape index (κ1) is 27.9. The number of rotatable bonds is 8. The SMILES string of the molecule is CCOC(=O)Nc1ccc(-c2cnc(C3CC(NC(=O)OC(C)C)C3)s2)c(S(=O)(=O)NC(C)(C)C)c1. The fourth-order valence-electron chi connectivity index (χ4n) is 3.72. The highest BCUT2D eigenvalue weighted by Crippen LogP contribution is 2.42. The van der Waals surface area contributed by atoms with Gasteiger partial charge in [-0.25, -0.2) is 27.7 Å². The molecule has 1 aliphatic rings. The van der Waals surface area contributed by atoms with Gasteiger partial charge in [-0.3, -0.25) is 5.32 Å². The molecule has 0 spiro atoms. The van der Waals surface area contributed by atoms with Crippen LogP contribution in [0.25, 0.3) is 10.4 Å². The Labute approximate surface area is 216 Å². The summed E-state index contributed by atoms with van der Waals surface area (Å²) in [5.41, 5.74) is 0.0846.